The van der Waals surface area contributed by atoms with Gasteiger partial charge in [0.05, 0.1) is 0 Å². The van der Waals surface area contributed by atoms with Gasteiger partial charge >= 0.3 is 0 Å². The highest BCUT2D eigenvalue weighted by atomic mass is 16.5. The van der Waals surface area contributed by atoms with Gasteiger partial charge in [-0.1, -0.05) is 30.3 Å². The number of hydrogen-bond acceptors (Lipinski definition) is 4. The Bertz CT molecular complexity index is 735. The molecule has 3 rings (SSSR count). The van der Waals surface area contributed by atoms with Gasteiger partial charge in [0.25, 0.3) is 0 Å². The predicted molar refractivity (Wildman–Crippen MR) is 108 cm³/mol. The number of piperazine rings is 1. The van der Waals surface area contributed by atoms with E-state index in [1.807, 2.05) is 48.5 Å². The van der Waals surface area contributed by atoms with E-state index in [1.165, 1.54) is 0 Å². The number of carbonyl (C=O) groups excluding carboxylic acids is 1. The van der Waals surface area contributed by atoms with E-state index in [0.29, 0.717) is 19.0 Å². The minimum atomic E-state index is 0.124. The van der Waals surface area contributed by atoms with E-state index >= 15 is 0 Å². The Morgan fingerprint density at radius 3 is 2.67 bits per heavy atom. The highest BCUT2D eigenvalue weighted by molar-refractivity contribution is 5.76. The summed E-state index contributed by atoms with van der Waals surface area (Å²) in [5.74, 6) is 1.76. The second-order valence-electron chi connectivity index (χ2n) is 7.26. The maximum absolute atomic E-state index is 12.3. The van der Waals surface area contributed by atoms with Gasteiger partial charge in [-0.3, -0.25) is 4.79 Å². The van der Waals surface area contributed by atoms with Crippen LogP contribution in [0.25, 0.3) is 0 Å². The summed E-state index contributed by atoms with van der Waals surface area (Å²) in [7, 11) is 4.21. The van der Waals surface area contributed by atoms with Crippen molar-refractivity contribution in [3.05, 3.63) is 60.2 Å². The Balaban J connectivity index is 1.44. The summed E-state index contributed by atoms with van der Waals surface area (Å²) >= 11 is 0. The molecule has 1 unspecified atom stereocenters. The third kappa shape index (κ3) is 6.08. The van der Waals surface area contributed by atoms with Gasteiger partial charge in [0.2, 0.25) is 5.91 Å². The Labute approximate surface area is 161 Å². The highest BCUT2D eigenvalue weighted by Gasteiger charge is 2.24. The minimum Gasteiger partial charge on any atom is -0.457 e. The van der Waals surface area contributed by atoms with Gasteiger partial charge in [0, 0.05) is 38.6 Å². The number of amides is 1. The Kier molecular flexibility index (Phi) is 6.85. The first-order valence-electron chi connectivity index (χ1n) is 9.57. The molecule has 2 aromatic rings. The molecule has 1 aliphatic heterocycles. The number of carbonyl (C=O) groups is 1. The molecule has 0 saturated carbocycles. The summed E-state index contributed by atoms with van der Waals surface area (Å²) < 4.78 is 5.87. The molecule has 27 heavy (non-hydrogen) atoms. The first kappa shape index (κ1) is 19.4. The predicted octanol–water partition coefficient (Wildman–Crippen LogP) is 2.77. The molecule has 0 radical (unpaired) electrons. The Hall–Kier alpha value is -2.37. The number of rotatable bonds is 7. The quantitative estimate of drug-likeness (QED) is 0.817. The smallest absolute Gasteiger partial charge is 0.221 e. The molecule has 1 aliphatic rings. The number of nitrogens with one attached hydrogen (secondary N) is 1. The van der Waals surface area contributed by atoms with E-state index in [4.69, 9.17) is 4.74 Å². The molecule has 1 saturated heterocycles. The van der Waals surface area contributed by atoms with Gasteiger partial charge in [-0.25, -0.2) is 0 Å². The van der Waals surface area contributed by atoms with Crippen LogP contribution in [-0.2, 0) is 11.2 Å². The van der Waals surface area contributed by atoms with Crippen molar-refractivity contribution in [2.45, 2.75) is 18.9 Å². The van der Waals surface area contributed by atoms with Gasteiger partial charge in [-0.2, -0.15) is 0 Å². The molecule has 1 N–H and O–H groups in total. The summed E-state index contributed by atoms with van der Waals surface area (Å²) in [6.07, 6.45) is 1.34. The molecule has 0 bridgehead atoms. The van der Waals surface area contributed by atoms with Gasteiger partial charge in [0.1, 0.15) is 11.5 Å². The van der Waals surface area contributed by atoms with Crippen LogP contribution in [0.1, 0.15) is 12.0 Å². The van der Waals surface area contributed by atoms with Crippen molar-refractivity contribution < 1.29 is 9.53 Å². The van der Waals surface area contributed by atoms with E-state index in [2.05, 4.69) is 35.3 Å². The average Bonchev–Trinajstić information content (AvgIpc) is 2.66. The van der Waals surface area contributed by atoms with Gasteiger partial charge in [0.15, 0.2) is 0 Å². The second kappa shape index (κ2) is 9.53. The molecule has 1 atom stereocenters. The average molecular weight is 367 g/mol. The maximum Gasteiger partial charge on any atom is 0.221 e. The zero-order valence-corrected chi connectivity index (χ0v) is 16.2. The lowest BCUT2D eigenvalue weighted by molar-refractivity contribution is -0.122. The summed E-state index contributed by atoms with van der Waals surface area (Å²) in [5, 5.41) is 3.06. The normalized spacial score (nSPS) is 18.2. The molecular formula is C22H29N3O2. The SMILES string of the molecule is CN1CCN(C)C(CC(=O)NCCc2cccc(Oc3ccccc3)c2)C1. The van der Waals surface area contributed by atoms with Gasteiger partial charge in [-0.05, 0) is 50.3 Å². The third-order valence-corrected chi connectivity index (χ3v) is 5.01. The van der Waals surface area contributed by atoms with Crippen LogP contribution < -0.4 is 10.1 Å². The van der Waals surface area contributed by atoms with Crippen LogP contribution in [0, 0.1) is 0 Å². The first-order valence-corrected chi connectivity index (χ1v) is 9.57. The van der Waals surface area contributed by atoms with Crippen molar-refractivity contribution in [3.8, 4) is 11.5 Å². The lowest BCUT2D eigenvalue weighted by atomic mass is 10.1. The van der Waals surface area contributed by atoms with Crippen LogP contribution in [0.5, 0.6) is 11.5 Å². The molecule has 2 aromatic carbocycles. The molecular weight excluding hydrogens is 338 g/mol. The summed E-state index contributed by atoms with van der Waals surface area (Å²) in [6, 6.07) is 18.1. The van der Waals surface area contributed by atoms with Gasteiger partial charge < -0.3 is 19.9 Å². The molecule has 5 nitrogen and oxygen atoms in total. The molecule has 1 fully saturated rings. The molecule has 0 aromatic heterocycles. The number of hydrogen-bond donors (Lipinski definition) is 1. The topological polar surface area (TPSA) is 44.8 Å². The third-order valence-electron chi connectivity index (χ3n) is 5.01. The fraction of sp³-hybridized carbons (Fsp3) is 0.409. The summed E-state index contributed by atoms with van der Waals surface area (Å²) in [5.41, 5.74) is 1.15. The van der Waals surface area contributed by atoms with Crippen molar-refractivity contribution in [2.24, 2.45) is 0 Å². The zero-order valence-electron chi connectivity index (χ0n) is 16.2. The van der Waals surface area contributed by atoms with E-state index in [1.54, 1.807) is 0 Å². The Morgan fingerprint density at radius 1 is 1.07 bits per heavy atom. The maximum atomic E-state index is 12.3. The zero-order chi connectivity index (χ0) is 19.1. The van der Waals surface area contributed by atoms with Crippen LogP contribution in [0.4, 0.5) is 0 Å². The highest BCUT2D eigenvalue weighted by Crippen LogP contribution is 2.21. The fourth-order valence-electron chi connectivity index (χ4n) is 3.34. The number of benzene rings is 2. The number of likely N-dealkylation sites (N-methyl/N-ethyl adjacent to an activating group) is 2. The lowest BCUT2D eigenvalue weighted by Crippen LogP contribution is -2.51. The van der Waals surface area contributed by atoms with E-state index in [0.717, 1.165) is 43.1 Å². The number of para-hydroxylation sites is 1. The molecule has 0 aliphatic carbocycles. The van der Waals surface area contributed by atoms with Crippen molar-refractivity contribution in [3.63, 3.8) is 0 Å². The van der Waals surface area contributed by atoms with Crippen molar-refractivity contribution in [1.82, 2.24) is 15.1 Å². The van der Waals surface area contributed by atoms with Crippen LogP contribution in [0.3, 0.4) is 0 Å². The monoisotopic (exact) mass is 367 g/mol. The van der Waals surface area contributed by atoms with E-state index in [9.17, 15) is 4.79 Å². The number of ether oxygens (including phenoxy) is 1. The number of nitrogens with zero attached hydrogens (tertiary/aromatic N) is 2. The molecule has 5 heteroatoms. The fourth-order valence-corrected chi connectivity index (χ4v) is 3.34. The molecule has 1 amide bonds. The van der Waals surface area contributed by atoms with Crippen LogP contribution in [0.2, 0.25) is 0 Å². The summed E-state index contributed by atoms with van der Waals surface area (Å²) in [6.45, 7) is 3.67. The second-order valence-corrected chi connectivity index (χ2v) is 7.26. The van der Waals surface area contributed by atoms with Crippen LogP contribution >= 0.6 is 0 Å². The Morgan fingerprint density at radius 2 is 1.85 bits per heavy atom. The largest absolute Gasteiger partial charge is 0.457 e. The lowest BCUT2D eigenvalue weighted by Gasteiger charge is -2.37. The van der Waals surface area contributed by atoms with E-state index < -0.39 is 0 Å². The van der Waals surface area contributed by atoms with Crippen LogP contribution in [0.15, 0.2) is 54.6 Å². The molecule has 0 spiro atoms. The first-order chi connectivity index (χ1) is 13.1. The van der Waals surface area contributed by atoms with Crippen LogP contribution in [-0.4, -0.2) is 62.0 Å². The summed E-state index contributed by atoms with van der Waals surface area (Å²) in [4.78, 5) is 16.9. The van der Waals surface area contributed by atoms with Crippen molar-refractivity contribution in [2.75, 3.05) is 40.3 Å². The molecule has 144 valence electrons. The molecule has 1 heterocycles. The standard InChI is InChI=1S/C22H29N3O2/c1-24-13-14-25(2)19(17-24)16-22(26)23-12-11-18-7-6-10-21(15-18)27-20-8-4-3-5-9-20/h3-10,15,19H,11-14,16-17H2,1-2H3,(H,23,26). The van der Waals surface area contributed by atoms with Crippen molar-refractivity contribution in [1.29, 1.82) is 0 Å². The van der Waals surface area contributed by atoms with Crippen molar-refractivity contribution >= 4 is 5.91 Å². The minimum absolute atomic E-state index is 0.124. The van der Waals surface area contributed by atoms with E-state index in [-0.39, 0.29) is 5.91 Å². The van der Waals surface area contributed by atoms with Gasteiger partial charge in [-0.15, -0.1) is 0 Å².